The Kier molecular flexibility index (Phi) is 7.19. The van der Waals surface area contributed by atoms with Crippen LogP contribution in [0.25, 0.3) is 11.1 Å². The molecule has 0 saturated heterocycles. The number of benzene rings is 3. The highest BCUT2D eigenvalue weighted by molar-refractivity contribution is 5.95. The van der Waals surface area contributed by atoms with E-state index in [1.54, 1.807) is 31.2 Å². The van der Waals surface area contributed by atoms with E-state index in [-0.39, 0.29) is 18.4 Å². The van der Waals surface area contributed by atoms with Crippen molar-refractivity contribution in [2.75, 3.05) is 24.4 Å². The summed E-state index contributed by atoms with van der Waals surface area (Å²) in [6, 6.07) is 24.5. The third-order valence-electron chi connectivity index (χ3n) is 4.36. The van der Waals surface area contributed by atoms with E-state index in [0.29, 0.717) is 17.1 Å². The van der Waals surface area contributed by atoms with Gasteiger partial charge in [-0.3, -0.25) is 9.59 Å². The van der Waals surface area contributed by atoms with Crippen LogP contribution in [-0.4, -0.2) is 31.6 Å². The molecule has 0 bridgehead atoms. The van der Waals surface area contributed by atoms with Crippen molar-refractivity contribution in [3.05, 3.63) is 78.9 Å². The lowest BCUT2D eigenvalue weighted by atomic mass is 10.1. The SMILES string of the molecule is COCC(=O)Nc1ccc(NC(=O)C(C)Oc2ccc(-c3ccccc3)cc2)cc1. The zero-order valence-corrected chi connectivity index (χ0v) is 16.9. The van der Waals surface area contributed by atoms with Gasteiger partial charge in [0, 0.05) is 18.5 Å². The number of carbonyl (C=O) groups is 2. The molecule has 1 atom stereocenters. The fraction of sp³-hybridized carbons (Fsp3) is 0.167. The number of nitrogens with one attached hydrogen (secondary N) is 2. The number of amides is 2. The van der Waals surface area contributed by atoms with E-state index >= 15 is 0 Å². The fourth-order valence-corrected chi connectivity index (χ4v) is 2.82. The maximum Gasteiger partial charge on any atom is 0.265 e. The van der Waals surface area contributed by atoms with Gasteiger partial charge in [0.05, 0.1) is 0 Å². The Morgan fingerprint density at radius 1 is 0.800 bits per heavy atom. The number of methoxy groups -OCH3 is 1. The smallest absolute Gasteiger partial charge is 0.265 e. The first-order chi connectivity index (χ1) is 14.5. The van der Waals surface area contributed by atoms with Crippen molar-refractivity contribution in [2.24, 2.45) is 0 Å². The van der Waals surface area contributed by atoms with E-state index in [9.17, 15) is 9.59 Å². The number of anilines is 2. The van der Waals surface area contributed by atoms with Crippen molar-refractivity contribution < 1.29 is 19.1 Å². The summed E-state index contributed by atoms with van der Waals surface area (Å²) in [5.41, 5.74) is 3.44. The van der Waals surface area contributed by atoms with E-state index in [1.807, 2.05) is 54.6 Å². The van der Waals surface area contributed by atoms with E-state index in [1.165, 1.54) is 7.11 Å². The van der Waals surface area contributed by atoms with E-state index in [0.717, 1.165) is 11.1 Å². The van der Waals surface area contributed by atoms with Crippen LogP contribution >= 0.6 is 0 Å². The molecule has 0 heterocycles. The number of hydrogen-bond acceptors (Lipinski definition) is 4. The molecule has 3 aromatic rings. The second kappa shape index (κ2) is 10.2. The topological polar surface area (TPSA) is 76.7 Å². The molecule has 6 heteroatoms. The molecule has 0 fully saturated rings. The van der Waals surface area contributed by atoms with Gasteiger partial charge in [0.2, 0.25) is 5.91 Å². The molecule has 0 radical (unpaired) electrons. The predicted molar refractivity (Wildman–Crippen MR) is 118 cm³/mol. The summed E-state index contributed by atoms with van der Waals surface area (Å²) in [7, 11) is 1.46. The summed E-state index contributed by atoms with van der Waals surface area (Å²) in [5.74, 6) is 0.112. The first-order valence-corrected chi connectivity index (χ1v) is 9.57. The molecular weight excluding hydrogens is 380 g/mol. The Morgan fingerprint density at radius 3 is 1.97 bits per heavy atom. The molecular formula is C24H24N2O4. The highest BCUT2D eigenvalue weighted by atomic mass is 16.5. The molecule has 0 aliphatic carbocycles. The molecule has 2 N–H and O–H groups in total. The Bertz CT molecular complexity index is 970. The van der Waals surface area contributed by atoms with Gasteiger partial charge in [-0.15, -0.1) is 0 Å². The van der Waals surface area contributed by atoms with E-state index in [4.69, 9.17) is 9.47 Å². The van der Waals surface area contributed by atoms with Crippen LogP contribution in [-0.2, 0) is 14.3 Å². The monoisotopic (exact) mass is 404 g/mol. The summed E-state index contributed by atoms with van der Waals surface area (Å²) in [5, 5.41) is 5.50. The molecule has 30 heavy (non-hydrogen) atoms. The first-order valence-electron chi connectivity index (χ1n) is 9.57. The van der Waals surface area contributed by atoms with Gasteiger partial charge in [0.1, 0.15) is 12.4 Å². The van der Waals surface area contributed by atoms with Crippen LogP contribution in [0.2, 0.25) is 0 Å². The summed E-state index contributed by atoms with van der Waals surface area (Å²) in [6.07, 6.45) is -0.673. The summed E-state index contributed by atoms with van der Waals surface area (Å²) < 4.78 is 10.5. The molecule has 3 aromatic carbocycles. The Hall–Kier alpha value is -3.64. The quantitative estimate of drug-likeness (QED) is 0.585. The minimum Gasteiger partial charge on any atom is -0.481 e. The van der Waals surface area contributed by atoms with Crippen molar-refractivity contribution in [1.82, 2.24) is 0 Å². The van der Waals surface area contributed by atoms with Gasteiger partial charge in [-0.1, -0.05) is 42.5 Å². The zero-order chi connectivity index (χ0) is 21.3. The van der Waals surface area contributed by atoms with Crippen molar-refractivity contribution in [2.45, 2.75) is 13.0 Å². The lowest BCUT2D eigenvalue weighted by Crippen LogP contribution is -2.30. The number of carbonyl (C=O) groups excluding carboxylic acids is 2. The van der Waals surface area contributed by atoms with E-state index < -0.39 is 6.10 Å². The largest absolute Gasteiger partial charge is 0.481 e. The lowest BCUT2D eigenvalue weighted by molar-refractivity contribution is -0.122. The molecule has 0 aliphatic heterocycles. The van der Waals surface area contributed by atoms with Crippen molar-refractivity contribution in [3.63, 3.8) is 0 Å². The van der Waals surface area contributed by atoms with Gasteiger partial charge in [0.15, 0.2) is 6.10 Å². The lowest BCUT2D eigenvalue weighted by Gasteiger charge is -2.15. The number of ether oxygens (including phenoxy) is 2. The van der Waals surface area contributed by atoms with Crippen LogP contribution in [0.5, 0.6) is 5.75 Å². The third kappa shape index (κ3) is 5.93. The van der Waals surface area contributed by atoms with Crippen LogP contribution in [0.1, 0.15) is 6.92 Å². The van der Waals surface area contributed by atoms with E-state index in [2.05, 4.69) is 10.6 Å². The molecule has 0 saturated carbocycles. The van der Waals surface area contributed by atoms with Crippen LogP contribution in [0.4, 0.5) is 11.4 Å². The molecule has 1 unspecified atom stereocenters. The number of hydrogen-bond donors (Lipinski definition) is 2. The van der Waals surface area contributed by atoms with Crippen molar-refractivity contribution in [1.29, 1.82) is 0 Å². The molecule has 2 amide bonds. The number of rotatable bonds is 8. The molecule has 0 spiro atoms. The highest BCUT2D eigenvalue weighted by Crippen LogP contribution is 2.23. The van der Waals surface area contributed by atoms with Crippen molar-refractivity contribution in [3.8, 4) is 16.9 Å². The van der Waals surface area contributed by atoms with Crippen molar-refractivity contribution >= 4 is 23.2 Å². The van der Waals surface area contributed by atoms with Crippen LogP contribution in [0, 0.1) is 0 Å². The average Bonchev–Trinajstić information content (AvgIpc) is 2.76. The standard InChI is InChI=1S/C24H24N2O4/c1-17(30-22-14-8-19(9-15-22)18-6-4-3-5-7-18)24(28)26-21-12-10-20(11-13-21)25-23(27)16-29-2/h3-15,17H,16H2,1-2H3,(H,25,27)(H,26,28). The zero-order valence-electron chi connectivity index (χ0n) is 16.9. The maximum absolute atomic E-state index is 12.4. The average molecular weight is 404 g/mol. The second-order valence-corrected chi connectivity index (χ2v) is 6.70. The van der Waals surface area contributed by atoms with Crippen LogP contribution < -0.4 is 15.4 Å². The van der Waals surface area contributed by atoms with Gasteiger partial charge in [-0.2, -0.15) is 0 Å². The molecule has 154 valence electrons. The molecule has 0 aliphatic rings. The summed E-state index contributed by atoms with van der Waals surface area (Å²) in [4.78, 5) is 23.9. The highest BCUT2D eigenvalue weighted by Gasteiger charge is 2.15. The Balaban J connectivity index is 1.54. The van der Waals surface area contributed by atoms with Gasteiger partial charge < -0.3 is 20.1 Å². The second-order valence-electron chi connectivity index (χ2n) is 6.70. The van der Waals surface area contributed by atoms with Crippen LogP contribution in [0.3, 0.4) is 0 Å². The molecule has 3 rings (SSSR count). The molecule has 0 aromatic heterocycles. The van der Waals surface area contributed by atoms with Gasteiger partial charge in [-0.25, -0.2) is 0 Å². The molecule has 6 nitrogen and oxygen atoms in total. The van der Waals surface area contributed by atoms with Gasteiger partial charge >= 0.3 is 0 Å². The minimum absolute atomic E-state index is 0.0142. The Morgan fingerprint density at radius 2 is 1.37 bits per heavy atom. The summed E-state index contributed by atoms with van der Waals surface area (Å²) in [6.45, 7) is 1.68. The Labute approximate surface area is 175 Å². The predicted octanol–water partition coefficient (Wildman–Crippen LogP) is 4.34. The minimum atomic E-state index is -0.673. The fourth-order valence-electron chi connectivity index (χ4n) is 2.82. The summed E-state index contributed by atoms with van der Waals surface area (Å²) >= 11 is 0. The maximum atomic E-state index is 12.4. The third-order valence-corrected chi connectivity index (χ3v) is 4.36. The van der Waals surface area contributed by atoms with Gasteiger partial charge in [-0.05, 0) is 54.4 Å². The van der Waals surface area contributed by atoms with Gasteiger partial charge in [0.25, 0.3) is 5.91 Å². The first kappa shape index (κ1) is 21.1. The normalized spacial score (nSPS) is 11.4. The van der Waals surface area contributed by atoms with Crippen LogP contribution in [0.15, 0.2) is 78.9 Å².